The number of amides is 1. The number of rotatable bonds is 11. The molecule has 2 N–H and O–H groups in total. The van der Waals surface area contributed by atoms with Gasteiger partial charge in [0.1, 0.15) is 18.1 Å². The van der Waals surface area contributed by atoms with Crippen LogP contribution in [0.15, 0.2) is 48.5 Å². The highest BCUT2D eigenvalue weighted by Crippen LogP contribution is 2.20. The molecule has 6 nitrogen and oxygen atoms in total. The van der Waals surface area contributed by atoms with Crippen LogP contribution in [0.5, 0.6) is 11.5 Å². The third-order valence-corrected chi connectivity index (χ3v) is 4.31. The predicted octanol–water partition coefficient (Wildman–Crippen LogP) is 4.65. The van der Waals surface area contributed by atoms with Crippen LogP contribution < -0.4 is 20.1 Å². The van der Waals surface area contributed by atoms with Crippen LogP contribution in [0.25, 0.3) is 0 Å². The zero-order valence-electron chi connectivity index (χ0n) is 17.8. The monoisotopic (exact) mass is 430 g/mol. The lowest BCUT2D eigenvalue weighted by atomic mass is 10.1. The number of carbonyl (C=O) groups excluding carboxylic acids is 1. The van der Waals surface area contributed by atoms with Crippen LogP contribution in [-0.2, 0) is 4.74 Å². The first-order valence-corrected chi connectivity index (χ1v) is 10.5. The van der Waals surface area contributed by atoms with Crippen LogP contribution in [0.2, 0.25) is 0 Å². The average molecular weight is 431 g/mol. The van der Waals surface area contributed by atoms with E-state index < -0.39 is 0 Å². The number of ether oxygens (including phenoxy) is 3. The number of carbonyl (C=O) groups is 1. The number of benzene rings is 2. The fraction of sp³-hybridized carbons (Fsp3) is 0.391. The molecule has 2 aromatic carbocycles. The van der Waals surface area contributed by atoms with Gasteiger partial charge in [0.05, 0.1) is 18.8 Å². The van der Waals surface area contributed by atoms with Crippen molar-refractivity contribution in [1.29, 1.82) is 0 Å². The highest BCUT2D eigenvalue weighted by molar-refractivity contribution is 7.80. The van der Waals surface area contributed by atoms with Crippen LogP contribution in [0.3, 0.4) is 0 Å². The van der Waals surface area contributed by atoms with Crippen molar-refractivity contribution in [3.63, 3.8) is 0 Å². The van der Waals surface area contributed by atoms with E-state index in [9.17, 15) is 4.79 Å². The molecule has 0 bridgehead atoms. The van der Waals surface area contributed by atoms with Gasteiger partial charge >= 0.3 is 0 Å². The number of thiocarbonyl (C=S) groups is 1. The van der Waals surface area contributed by atoms with E-state index >= 15 is 0 Å². The second-order valence-electron chi connectivity index (χ2n) is 7.01. The van der Waals surface area contributed by atoms with Crippen molar-refractivity contribution in [2.45, 2.75) is 27.2 Å². The Kier molecular flexibility index (Phi) is 10.1. The first-order valence-electron chi connectivity index (χ1n) is 10.1. The van der Waals surface area contributed by atoms with Crippen LogP contribution in [0, 0.1) is 5.92 Å². The Morgan fingerprint density at radius 3 is 2.60 bits per heavy atom. The zero-order chi connectivity index (χ0) is 21.8. The van der Waals surface area contributed by atoms with Crippen molar-refractivity contribution in [2.75, 3.05) is 31.7 Å². The molecule has 30 heavy (non-hydrogen) atoms. The maximum Gasteiger partial charge on any atom is 0.261 e. The van der Waals surface area contributed by atoms with Gasteiger partial charge in [-0.3, -0.25) is 10.1 Å². The minimum Gasteiger partial charge on any atom is -0.493 e. The first kappa shape index (κ1) is 23.6. The lowest BCUT2D eigenvalue weighted by Gasteiger charge is -2.14. The molecule has 0 aliphatic heterocycles. The van der Waals surface area contributed by atoms with E-state index in [-0.39, 0.29) is 11.0 Å². The Balaban J connectivity index is 1.91. The lowest BCUT2D eigenvalue weighted by Crippen LogP contribution is -2.34. The highest BCUT2D eigenvalue weighted by Gasteiger charge is 2.14. The minimum atomic E-state index is -0.322. The summed E-state index contributed by atoms with van der Waals surface area (Å²) in [6.45, 7) is 8.41. The lowest BCUT2D eigenvalue weighted by molar-refractivity contribution is 0.0973. The Bertz CT molecular complexity index is 826. The fourth-order valence-corrected chi connectivity index (χ4v) is 2.75. The quantitative estimate of drug-likeness (QED) is 0.399. The highest BCUT2D eigenvalue weighted by atomic mass is 32.1. The molecule has 162 valence electrons. The van der Waals surface area contributed by atoms with Gasteiger partial charge in [-0.15, -0.1) is 0 Å². The molecule has 0 saturated heterocycles. The normalized spacial score (nSPS) is 10.5. The van der Waals surface area contributed by atoms with Crippen molar-refractivity contribution in [2.24, 2.45) is 5.92 Å². The van der Waals surface area contributed by atoms with Gasteiger partial charge in [0.25, 0.3) is 5.91 Å². The molecule has 2 rings (SSSR count). The molecule has 0 radical (unpaired) electrons. The topological polar surface area (TPSA) is 68.8 Å². The molecule has 0 aliphatic carbocycles. The number of anilines is 1. The molecular weight excluding hydrogens is 400 g/mol. The van der Waals surface area contributed by atoms with E-state index in [2.05, 4.69) is 24.5 Å². The second kappa shape index (κ2) is 12.8. The van der Waals surface area contributed by atoms with E-state index in [1.807, 2.05) is 37.3 Å². The number of nitrogens with one attached hydrogen (secondary N) is 2. The molecule has 2 aromatic rings. The minimum absolute atomic E-state index is 0.198. The Morgan fingerprint density at radius 2 is 1.83 bits per heavy atom. The van der Waals surface area contributed by atoms with Gasteiger partial charge < -0.3 is 19.5 Å². The Hall–Kier alpha value is -2.64. The van der Waals surface area contributed by atoms with Gasteiger partial charge in [-0.2, -0.15) is 0 Å². The van der Waals surface area contributed by atoms with Crippen LogP contribution >= 0.6 is 12.2 Å². The van der Waals surface area contributed by atoms with E-state index in [0.717, 1.165) is 12.1 Å². The van der Waals surface area contributed by atoms with Crippen LogP contribution in [-0.4, -0.2) is 37.4 Å². The van der Waals surface area contributed by atoms with E-state index in [0.29, 0.717) is 49.4 Å². The van der Waals surface area contributed by atoms with Gasteiger partial charge in [-0.25, -0.2) is 0 Å². The standard InChI is InChI=1S/C23H30N2O4S/c1-4-27-14-15-28-19-9-7-8-18(16-19)24-23(30)25-22(26)20-10-5-6-11-21(20)29-13-12-17(2)3/h5-11,16-17H,4,12-15H2,1-3H3,(H2,24,25,26,30). The summed E-state index contributed by atoms with van der Waals surface area (Å²) >= 11 is 5.30. The van der Waals surface area contributed by atoms with E-state index in [1.54, 1.807) is 18.2 Å². The Labute approximate surface area is 183 Å². The average Bonchev–Trinajstić information content (AvgIpc) is 2.71. The summed E-state index contributed by atoms with van der Waals surface area (Å²) in [5, 5.41) is 5.91. The number of para-hydroxylation sites is 1. The Morgan fingerprint density at radius 1 is 1.03 bits per heavy atom. The van der Waals surface area contributed by atoms with Crippen molar-refractivity contribution < 1.29 is 19.0 Å². The van der Waals surface area contributed by atoms with E-state index in [1.165, 1.54) is 0 Å². The second-order valence-corrected chi connectivity index (χ2v) is 7.42. The molecule has 0 fully saturated rings. The van der Waals surface area contributed by atoms with Gasteiger partial charge in [0.2, 0.25) is 0 Å². The molecule has 0 saturated carbocycles. The van der Waals surface area contributed by atoms with Crippen molar-refractivity contribution in [3.05, 3.63) is 54.1 Å². The van der Waals surface area contributed by atoms with Gasteiger partial charge in [-0.05, 0) is 55.7 Å². The summed E-state index contributed by atoms with van der Waals surface area (Å²) < 4.78 is 16.7. The molecule has 0 aromatic heterocycles. The van der Waals surface area contributed by atoms with E-state index in [4.69, 9.17) is 26.4 Å². The number of hydrogen-bond donors (Lipinski definition) is 2. The van der Waals surface area contributed by atoms with Crippen molar-refractivity contribution >= 4 is 28.9 Å². The predicted molar refractivity (Wildman–Crippen MR) is 124 cm³/mol. The van der Waals surface area contributed by atoms with Crippen molar-refractivity contribution in [1.82, 2.24) is 5.32 Å². The maximum atomic E-state index is 12.7. The summed E-state index contributed by atoms with van der Waals surface area (Å²) in [6, 6.07) is 14.5. The third kappa shape index (κ3) is 8.39. The summed E-state index contributed by atoms with van der Waals surface area (Å²) in [5.41, 5.74) is 1.16. The molecule has 0 atom stereocenters. The molecule has 1 amide bonds. The SMILES string of the molecule is CCOCCOc1cccc(NC(=S)NC(=O)c2ccccc2OCCC(C)C)c1. The fourth-order valence-electron chi connectivity index (χ4n) is 2.54. The largest absolute Gasteiger partial charge is 0.493 e. The molecule has 0 spiro atoms. The molecule has 0 unspecified atom stereocenters. The summed E-state index contributed by atoms with van der Waals surface area (Å²) in [6.07, 6.45) is 0.916. The summed E-state index contributed by atoms with van der Waals surface area (Å²) in [5.74, 6) is 1.44. The first-order chi connectivity index (χ1) is 14.5. The summed E-state index contributed by atoms with van der Waals surface area (Å²) in [7, 11) is 0. The molecule has 7 heteroatoms. The smallest absolute Gasteiger partial charge is 0.261 e. The molecule has 0 aliphatic rings. The van der Waals surface area contributed by atoms with Gasteiger partial charge in [0.15, 0.2) is 5.11 Å². The molecular formula is C23H30N2O4S. The van der Waals surface area contributed by atoms with Crippen LogP contribution in [0.1, 0.15) is 37.6 Å². The van der Waals surface area contributed by atoms with Crippen molar-refractivity contribution in [3.8, 4) is 11.5 Å². The summed E-state index contributed by atoms with van der Waals surface area (Å²) in [4.78, 5) is 12.7. The van der Waals surface area contributed by atoms with Gasteiger partial charge in [-0.1, -0.05) is 32.0 Å². The zero-order valence-corrected chi connectivity index (χ0v) is 18.6. The van der Waals surface area contributed by atoms with Crippen LogP contribution in [0.4, 0.5) is 5.69 Å². The maximum absolute atomic E-state index is 12.7. The molecule has 0 heterocycles. The van der Waals surface area contributed by atoms with Gasteiger partial charge in [0, 0.05) is 18.4 Å². The third-order valence-electron chi connectivity index (χ3n) is 4.10. The number of hydrogen-bond acceptors (Lipinski definition) is 5.